The van der Waals surface area contributed by atoms with Gasteiger partial charge in [-0.2, -0.15) is 0 Å². The number of anilines is 1. The zero-order chi connectivity index (χ0) is 22.1. The number of nitrogens with zero attached hydrogens (tertiary/aromatic N) is 2. The van der Waals surface area contributed by atoms with Crippen LogP contribution >= 0.6 is 0 Å². The van der Waals surface area contributed by atoms with Gasteiger partial charge in [-0.05, 0) is 17.2 Å². The number of ether oxygens (including phenoxy) is 2. The second-order valence-electron chi connectivity index (χ2n) is 7.38. The first-order valence-corrected chi connectivity index (χ1v) is 9.75. The minimum atomic E-state index is -1.27. The number of hydrogen-bond acceptors (Lipinski definition) is 7. The molecule has 1 fully saturated rings. The molecule has 0 radical (unpaired) electrons. The Balaban J connectivity index is 1.57. The number of β-lactam (4-membered cyclic amide) rings is 1. The summed E-state index contributed by atoms with van der Waals surface area (Å²) in [6.45, 7) is 1.20. The van der Waals surface area contributed by atoms with E-state index in [-0.39, 0.29) is 13.0 Å². The smallest absolute Gasteiger partial charge is 0.415 e. The first-order chi connectivity index (χ1) is 14.9. The monoisotopic (exact) mass is 423 g/mol. The third kappa shape index (κ3) is 3.75. The van der Waals surface area contributed by atoms with Crippen LogP contribution < -0.4 is 10.7 Å². The third-order valence-corrected chi connectivity index (χ3v) is 5.38. The number of para-hydroxylation sites is 1. The molecule has 0 saturated carbocycles. The number of hydrogen-bond donors (Lipinski definition) is 1. The number of ketones is 1. The van der Waals surface area contributed by atoms with E-state index in [9.17, 15) is 19.2 Å². The molecule has 0 spiro atoms. The second-order valence-corrected chi connectivity index (χ2v) is 7.38. The van der Waals surface area contributed by atoms with E-state index in [0.717, 1.165) is 18.1 Å². The summed E-state index contributed by atoms with van der Waals surface area (Å²) in [6.07, 6.45) is -1.67. The summed E-state index contributed by atoms with van der Waals surface area (Å²) in [5.74, 6) is 2.44. The van der Waals surface area contributed by atoms with Crippen molar-refractivity contribution in [3.8, 4) is 0 Å². The average molecular weight is 423 g/mol. The van der Waals surface area contributed by atoms with E-state index in [1.807, 2.05) is 36.4 Å². The highest BCUT2D eigenvalue weighted by molar-refractivity contribution is 6.12. The number of rotatable bonds is 5. The molecule has 3 atom stereocenters. The third-order valence-electron chi connectivity index (χ3n) is 5.38. The van der Waals surface area contributed by atoms with Crippen molar-refractivity contribution in [3.05, 3.63) is 65.7 Å². The Bertz CT molecular complexity index is 1040. The predicted octanol–water partition coefficient (Wildman–Crippen LogP) is 1.54. The van der Waals surface area contributed by atoms with Crippen LogP contribution in [-0.4, -0.2) is 41.0 Å². The van der Waals surface area contributed by atoms with E-state index < -0.39 is 41.9 Å². The number of carbonyl (C=O) groups is 4. The SMILES string of the molecule is CC(=O)O[C@H]1[C@@H](C(=O)C2Cc3ccccc3N2C(=O)OCc2ccccc2)C(=O)N1N. The van der Waals surface area contributed by atoms with Gasteiger partial charge in [0.15, 0.2) is 11.7 Å². The summed E-state index contributed by atoms with van der Waals surface area (Å²) in [5.41, 5.74) is 2.12. The van der Waals surface area contributed by atoms with E-state index in [0.29, 0.717) is 10.7 Å². The first-order valence-electron chi connectivity index (χ1n) is 9.75. The van der Waals surface area contributed by atoms with E-state index >= 15 is 0 Å². The summed E-state index contributed by atoms with van der Waals surface area (Å²) in [6, 6.07) is 15.3. The quantitative estimate of drug-likeness (QED) is 0.255. The second kappa shape index (κ2) is 8.19. The number of hydrazine groups is 1. The highest BCUT2D eigenvalue weighted by Gasteiger charge is 2.56. The van der Waals surface area contributed by atoms with Gasteiger partial charge in [0.25, 0.3) is 5.91 Å². The van der Waals surface area contributed by atoms with Crippen molar-refractivity contribution in [1.29, 1.82) is 0 Å². The maximum atomic E-state index is 13.3. The van der Waals surface area contributed by atoms with Crippen LogP contribution in [0, 0.1) is 5.92 Å². The maximum Gasteiger partial charge on any atom is 0.415 e. The standard InChI is InChI=1S/C22H21N3O6/c1-13(26)31-21-18(20(28)25(21)23)19(27)17-11-15-9-5-6-10-16(15)24(17)22(29)30-12-14-7-3-2-4-8-14/h2-10,17-18,21H,11-12,23H2,1H3/t17?,18-,21-/m0/s1. The molecule has 1 saturated heterocycles. The highest BCUT2D eigenvalue weighted by atomic mass is 16.6. The van der Waals surface area contributed by atoms with Gasteiger partial charge in [0, 0.05) is 13.3 Å². The zero-order valence-electron chi connectivity index (χ0n) is 16.8. The molecule has 4 rings (SSSR count). The molecular formula is C22H21N3O6. The fourth-order valence-corrected chi connectivity index (χ4v) is 3.88. The van der Waals surface area contributed by atoms with Gasteiger partial charge in [-0.3, -0.25) is 19.3 Å². The van der Waals surface area contributed by atoms with Gasteiger partial charge in [-0.15, -0.1) is 0 Å². The Morgan fingerprint density at radius 1 is 1.06 bits per heavy atom. The Hall–Kier alpha value is -3.72. The molecule has 0 aromatic heterocycles. The molecule has 31 heavy (non-hydrogen) atoms. The van der Waals surface area contributed by atoms with Crippen LogP contribution in [0.5, 0.6) is 0 Å². The highest BCUT2D eigenvalue weighted by Crippen LogP contribution is 2.37. The van der Waals surface area contributed by atoms with E-state index in [1.54, 1.807) is 18.2 Å². The lowest BCUT2D eigenvalue weighted by Gasteiger charge is -2.42. The number of Topliss-reactive ketones (excluding diaryl/α,β-unsaturated/α-hetero) is 1. The predicted molar refractivity (Wildman–Crippen MR) is 108 cm³/mol. The molecule has 2 aliphatic heterocycles. The Morgan fingerprint density at radius 2 is 1.74 bits per heavy atom. The van der Waals surface area contributed by atoms with Crippen LogP contribution in [0.3, 0.4) is 0 Å². The summed E-state index contributed by atoms with van der Waals surface area (Å²) >= 11 is 0. The lowest BCUT2D eigenvalue weighted by molar-refractivity contribution is -0.198. The van der Waals surface area contributed by atoms with Gasteiger partial charge in [0.1, 0.15) is 12.6 Å². The van der Waals surface area contributed by atoms with Crippen molar-refractivity contribution in [2.45, 2.75) is 32.2 Å². The van der Waals surface area contributed by atoms with Gasteiger partial charge >= 0.3 is 12.1 Å². The molecule has 1 unspecified atom stereocenters. The Morgan fingerprint density at radius 3 is 2.45 bits per heavy atom. The Labute approximate surface area is 178 Å². The van der Waals surface area contributed by atoms with Crippen LogP contribution in [0.1, 0.15) is 18.1 Å². The van der Waals surface area contributed by atoms with E-state index in [2.05, 4.69) is 0 Å². The number of nitrogens with two attached hydrogens (primary N) is 1. The fourth-order valence-electron chi connectivity index (χ4n) is 3.88. The fraction of sp³-hybridized carbons (Fsp3) is 0.273. The lowest BCUT2D eigenvalue weighted by Crippen LogP contribution is -2.69. The van der Waals surface area contributed by atoms with Gasteiger partial charge in [-0.25, -0.2) is 15.6 Å². The summed E-state index contributed by atoms with van der Waals surface area (Å²) < 4.78 is 10.5. The van der Waals surface area contributed by atoms with Crippen LogP contribution in [0.2, 0.25) is 0 Å². The molecule has 9 nitrogen and oxygen atoms in total. The average Bonchev–Trinajstić information content (AvgIpc) is 3.17. The van der Waals surface area contributed by atoms with E-state index in [4.69, 9.17) is 15.3 Å². The molecule has 2 aliphatic rings. The number of esters is 1. The molecule has 0 aliphatic carbocycles. The molecule has 0 bridgehead atoms. The van der Waals surface area contributed by atoms with Crippen molar-refractivity contribution in [3.63, 3.8) is 0 Å². The van der Waals surface area contributed by atoms with Crippen LogP contribution in [-0.2, 0) is 36.9 Å². The molecule has 2 heterocycles. The molecule has 160 valence electrons. The number of fused-ring (bicyclic) bond motifs is 1. The zero-order valence-corrected chi connectivity index (χ0v) is 16.8. The number of amides is 2. The molecular weight excluding hydrogens is 402 g/mol. The van der Waals surface area contributed by atoms with Crippen molar-refractivity contribution >= 4 is 29.4 Å². The Kier molecular flexibility index (Phi) is 5.43. The van der Waals surface area contributed by atoms with E-state index in [1.165, 1.54) is 4.90 Å². The summed E-state index contributed by atoms with van der Waals surface area (Å²) in [5, 5.41) is 0.712. The topological polar surface area (TPSA) is 119 Å². The molecule has 2 amide bonds. The van der Waals surface area contributed by atoms with Crippen LogP contribution in [0.4, 0.5) is 10.5 Å². The summed E-state index contributed by atoms with van der Waals surface area (Å²) in [4.78, 5) is 51.1. The lowest BCUT2D eigenvalue weighted by atomic mass is 9.87. The number of carbonyl (C=O) groups excluding carboxylic acids is 4. The molecule has 2 aromatic carbocycles. The maximum absolute atomic E-state index is 13.3. The number of benzene rings is 2. The van der Waals surface area contributed by atoms with Crippen LogP contribution in [0.25, 0.3) is 0 Å². The van der Waals surface area contributed by atoms with Gasteiger partial charge < -0.3 is 9.47 Å². The van der Waals surface area contributed by atoms with Gasteiger partial charge in [0.05, 0.1) is 5.69 Å². The van der Waals surface area contributed by atoms with Gasteiger partial charge in [-0.1, -0.05) is 48.5 Å². The largest absolute Gasteiger partial charge is 0.444 e. The molecule has 9 heteroatoms. The van der Waals surface area contributed by atoms with Crippen molar-refractivity contribution in [1.82, 2.24) is 5.01 Å². The normalized spacial score (nSPS) is 21.9. The summed E-state index contributed by atoms with van der Waals surface area (Å²) in [7, 11) is 0. The van der Waals surface area contributed by atoms with Crippen molar-refractivity contribution in [2.75, 3.05) is 4.90 Å². The molecule has 2 aromatic rings. The minimum Gasteiger partial charge on any atom is -0.444 e. The first kappa shape index (κ1) is 20.5. The van der Waals surface area contributed by atoms with Crippen molar-refractivity contribution in [2.24, 2.45) is 11.8 Å². The molecule has 2 N–H and O–H groups in total. The van der Waals surface area contributed by atoms with Gasteiger partial charge in [0.2, 0.25) is 6.23 Å². The van der Waals surface area contributed by atoms with Crippen molar-refractivity contribution < 1.29 is 28.7 Å². The van der Waals surface area contributed by atoms with Crippen LogP contribution in [0.15, 0.2) is 54.6 Å². The minimum absolute atomic E-state index is 0.0360.